The highest BCUT2D eigenvalue weighted by molar-refractivity contribution is 6.12. The number of Topliss-reactive ketones (excluding diaryl/α,β-unsaturated/α-hetero) is 1. The molecule has 3 aliphatic rings. The zero-order valence-corrected chi connectivity index (χ0v) is 16.6. The number of nitrogens with zero attached hydrogens (tertiary/aromatic N) is 3. The molecule has 0 aliphatic carbocycles. The van der Waals surface area contributed by atoms with Crippen molar-refractivity contribution in [2.75, 3.05) is 59.6 Å². The lowest BCUT2D eigenvalue weighted by atomic mass is 10.0. The number of hydrogen-bond acceptors (Lipinski definition) is 7. The van der Waals surface area contributed by atoms with Crippen molar-refractivity contribution in [2.45, 2.75) is 25.4 Å². The quantitative estimate of drug-likeness (QED) is 0.745. The molecule has 0 spiro atoms. The van der Waals surface area contributed by atoms with Crippen molar-refractivity contribution in [1.82, 2.24) is 9.80 Å². The predicted molar refractivity (Wildman–Crippen MR) is 107 cm³/mol. The van der Waals surface area contributed by atoms with Crippen molar-refractivity contribution in [3.05, 3.63) is 17.7 Å². The van der Waals surface area contributed by atoms with Crippen molar-refractivity contribution >= 4 is 17.7 Å². The molecule has 0 aromatic heterocycles. The summed E-state index contributed by atoms with van der Waals surface area (Å²) in [4.78, 5) is 21.6. The van der Waals surface area contributed by atoms with Crippen LogP contribution in [0.4, 0.5) is 5.69 Å². The third-order valence-corrected chi connectivity index (χ3v) is 5.57. The van der Waals surface area contributed by atoms with Crippen LogP contribution in [0.15, 0.2) is 17.1 Å². The molecule has 1 aromatic rings. The van der Waals surface area contributed by atoms with Crippen LogP contribution in [0.3, 0.4) is 0 Å². The van der Waals surface area contributed by atoms with Crippen molar-refractivity contribution in [2.24, 2.45) is 4.99 Å². The van der Waals surface area contributed by atoms with E-state index in [2.05, 4.69) is 21.8 Å². The largest absolute Gasteiger partial charge is 0.492 e. The van der Waals surface area contributed by atoms with Crippen molar-refractivity contribution in [3.8, 4) is 11.5 Å². The molecule has 0 bridgehead atoms. The van der Waals surface area contributed by atoms with Crippen LogP contribution in [0.1, 0.15) is 29.6 Å². The van der Waals surface area contributed by atoms with Gasteiger partial charge in [0.2, 0.25) is 0 Å². The SMILES string of the molecule is CN1CCN(CCOc2cc3c(c(OC4CCOCC4)c2)C(=O)CC=N3)CC1. The first-order valence-corrected chi connectivity index (χ1v) is 10.2. The van der Waals surface area contributed by atoms with Gasteiger partial charge in [-0.2, -0.15) is 0 Å². The zero-order valence-electron chi connectivity index (χ0n) is 16.6. The summed E-state index contributed by atoms with van der Waals surface area (Å²) in [6, 6.07) is 3.71. The maximum absolute atomic E-state index is 12.5. The van der Waals surface area contributed by atoms with E-state index in [1.807, 2.05) is 12.1 Å². The van der Waals surface area contributed by atoms with Gasteiger partial charge in [-0.25, -0.2) is 0 Å². The lowest BCUT2D eigenvalue weighted by molar-refractivity contribution is 0.0252. The summed E-state index contributed by atoms with van der Waals surface area (Å²) in [7, 11) is 2.16. The van der Waals surface area contributed by atoms with Gasteiger partial charge in [0.25, 0.3) is 0 Å². The van der Waals surface area contributed by atoms with Crippen LogP contribution in [0.5, 0.6) is 11.5 Å². The summed E-state index contributed by atoms with van der Waals surface area (Å²) >= 11 is 0. The van der Waals surface area contributed by atoms with Gasteiger partial charge in [-0.15, -0.1) is 0 Å². The molecule has 0 amide bonds. The second-order valence-electron chi connectivity index (χ2n) is 7.68. The van der Waals surface area contributed by atoms with E-state index in [1.54, 1.807) is 6.21 Å². The van der Waals surface area contributed by atoms with E-state index in [0.29, 0.717) is 49.0 Å². The van der Waals surface area contributed by atoms with E-state index >= 15 is 0 Å². The number of carbonyl (C=O) groups is 1. The van der Waals surface area contributed by atoms with E-state index < -0.39 is 0 Å². The number of ketones is 1. The molecule has 2 saturated heterocycles. The van der Waals surface area contributed by atoms with Crippen molar-refractivity contribution in [3.63, 3.8) is 0 Å². The zero-order chi connectivity index (χ0) is 19.3. The third kappa shape index (κ3) is 4.71. The number of aliphatic imine (C=N–C) groups is 1. The van der Waals surface area contributed by atoms with Gasteiger partial charge in [-0.1, -0.05) is 0 Å². The summed E-state index contributed by atoms with van der Waals surface area (Å²) in [6.45, 7) is 7.22. The molecule has 152 valence electrons. The van der Waals surface area contributed by atoms with Crippen molar-refractivity contribution in [1.29, 1.82) is 0 Å². The van der Waals surface area contributed by atoms with Crippen LogP contribution in [0.25, 0.3) is 0 Å². The Hall–Kier alpha value is -1.96. The van der Waals surface area contributed by atoms with Gasteiger partial charge in [0.05, 0.1) is 24.5 Å². The molecule has 0 N–H and O–H groups in total. The van der Waals surface area contributed by atoms with Gasteiger partial charge in [-0.3, -0.25) is 14.7 Å². The maximum atomic E-state index is 12.5. The summed E-state index contributed by atoms with van der Waals surface area (Å²) < 4.78 is 17.6. The smallest absolute Gasteiger partial charge is 0.174 e. The fraction of sp³-hybridized carbons (Fsp3) is 0.619. The highest BCUT2D eigenvalue weighted by atomic mass is 16.5. The molecule has 0 unspecified atom stereocenters. The van der Waals surface area contributed by atoms with Crippen LogP contribution in [0, 0.1) is 0 Å². The number of carbonyl (C=O) groups excluding carboxylic acids is 1. The first kappa shape index (κ1) is 19.4. The highest BCUT2D eigenvalue weighted by Crippen LogP contribution is 2.38. The average molecular weight is 387 g/mol. The summed E-state index contributed by atoms with van der Waals surface area (Å²) in [6.07, 6.45) is 3.72. The maximum Gasteiger partial charge on any atom is 0.174 e. The minimum atomic E-state index is 0.0519. The Bertz CT molecular complexity index is 723. The molecule has 1 aromatic carbocycles. The van der Waals surface area contributed by atoms with Gasteiger partial charge >= 0.3 is 0 Å². The van der Waals surface area contributed by atoms with E-state index in [1.165, 1.54) is 0 Å². The number of benzene rings is 1. The highest BCUT2D eigenvalue weighted by Gasteiger charge is 2.25. The first-order valence-electron chi connectivity index (χ1n) is 10.2. The van der Waals surface area contributed by atoms with Gasteiger partial charge in [-0.05, 0) is 7.05 Å². The van der Waals surface area contributed by atoms with E-state index in [-0.39, 0.29) is 11.9 Å². The third-order valence-electron chi connectivity index (χ3n) is 5.57. The molecule has 0 saturated carbocycles. The molecule has 28 heavy (non-hydrogen) atoms. The molecule has 4 rings (SSSR count). The molecule has 7 nitrogen and oxygen atoms in total. The van der Waals surface area contributed by atoms with Crippen molar-refractivity contribution < 1.29 is 19.0 Å². The topological polar surface area (TPSA) is 63.6 Å². The van der Waals surface area contributed by atoms with Gasteiger partial charge < -0.3 is 19.1 Å². The number of ether oxygens (including phenoxy) is 3. The number of likely N-dealkylation sites (N-methyl/N-ethyl adjacent to an activating group) is 1. The Morgan fingerprint density at radius 2 is 1.96 bits per heavy atom. The molecule has 3 aliphatic heterocycles. The Morgan fingerprint density at radius 1 is 1.18 bits per heavy atom. The van der Waals surface area contributed by atoms with Crippen LogP contribution in [0.2, 0.25) is 0 Å². The Morgan fingerprint density at radius 3 is 2.75 bits per heavy atom. The van der Waals surface area contributed by atoms with Crippen LogP contribution >= 0.6 is 0 Å². The monoisotopic (exact) mass is 387 g/mol. The fourth-order valence-corrected chi connectivity index (χ4v) is 3.80. The second kappa shape index (κ2) is 9.03. The minimum absolute atomic E-state index is 0.0519. The van der Waals surface area contributed by atoms with Gasteiger partial charge in [0.1, 0.15) is 24.2 Å². The summed E-state index contributed by atoms with van der Waals surface area (Å²) in [5, 5.41) is 0. The molecule has 7 heteroatoms. The molecular weight excluding hydrogens is 358 g/mol. The normalized spacial score (nSPS) is 21.5. The molecule has 2 fully saturated rings. The lowest BCUT2D eigenvalue weighted by Gasteiger charge is -2.32. The van der Waals surface area contributed by atoms with Crippen LogP contribution in [-0.2, 0) is 4.74 Å². The standard InChI is InChI=1S/C21H29N3O4/c1-23-6-8-24(9-7-23)10-13-27-17-14-18-21(19(25)2-5-22-18)20(15-17)28-16-3-11-26-12-4-16/h5,14-16H,2-4,6-13H2,1H3. The number of rotatable bonds is 6. The molecule has 0 radical (unpaired) electrons. The predicted octanol–water partition coefficient (Wildman–Crippen LogP) is 2.16. The van der Waals surface area contributed by atoms with E-state index in [0.717, 1.165) is 45.6 Å². The molecular formula is C21H29N3O4. The lowest BCUT2D eigenvalue weighted by Crippen LogP contribution is -2.45. The second-order valence-corrected chi connectivity index (χ2v) is 7.68. The summed E-state index contributed by atoms with van der Waals surface area (Å²) in [5.74, 6) is 1.36. The minimum Gasteiger partial charge on any atom is -0.492 e. The van der Waals surface area contributed by atoms with Gasteiger partial charge in [0, 0.05) is 70.3 Å². The van der Waals surface area contributed by atoms with E-state index in [4.69, 9.17) is 14.2 Å². The number of hydrogen-bond donors (Lipinski definition) is 0. The van der Waals surface area contributed by atoms with Gasteiger partial charge in [0.15, 0.2) is 5.78 Å². The Kier molecular flexibility index (Phi) is 6.24. The fourth-order valence-electron chi connectivity index (χ4n) is 3.80. The Balaban J connectivity index is 1.44. The molecule has 3 heterocycles. The first-order chi connectivity index (χ1) is 13.7. The summed E-state index contributed by atoms with van der Waals surface area (Å²) in [5.41, 5.74) is 1.23. The van der Waals surface area contributed by atoms with Crippen LogP contribution in [-0.4, -0.2) is 87.5 Å². The Labute approximate surface area is 166 Å². The number of fused-ring (bicyclic) bond motifs is 1. The number of piperazine rings is 1. The average Bonchev–Trinajstić information content (AvgIpc) is 2.70. The van der Waals surface area contributed by atoms with Crippen LogP contribution < -0.4 is 9.47 Å². The molecule has 0 atom stereocenters. The van der Waals surface area contributed by atoms with E-state index in [9.17, 15) is 4.79 Å².